The lowest BCUT2D eigenvalue weighted by Gasteiger charge is -2.07. The van der Waals surface area contributed by atoms with E-state index < -0.39 is 5.97 Å². The first-order valence-electron chi connectivity index (χ1n) is 5.15. The number of imidazole rings is 1. The molecule has 0 fully saturated rings. The van der Waals surface area contributed by atoms with Gasteiger partial charge in [-0.15, -0.1) is 0 Å². The topological polar surface area (TPSA) is 64.3 Å². The third kappa shape index (κ3) is 1.93. The van der Waals surface area contributed by atoms with Crippen LogP contribution in [-0.4, -0.2) is 27.7 Å². The summed E-state index contributed by atoms with van der Waals surface area (Å²) in [5.41, 5.74) is 0.525. The zero-order chi connectivity index (χ0) is 13.3. The molecular formula is C12H11ClN2O3. The highest BCUT2D eigenvalue weighted by Gasteiger charge is 2.21. The summed E-state index contributed by atoms with van der Waals surface area (Å²) in [4.78, 5) is 15.0. The predicted octanol–water partition coefficient (Wildman–Crippen LogP) is 2.45. The van der Waals surface area contributed by atoms with Crippen molar-refractivity contribution in [2.24, 2.45) is 7.05 Å². The quantitative estimate of drug-likeness (QED) is 0.927. The van der Waals surface area contributed by atoms with Crippen LogP contribution in [0.2, 0.25) is 5.15 Å². The highest BCUT2D eigenvalue weighted by atomic mass is 35.5. The average molecular weight is 267 g/mol. The van der Waals surface area contributed by atoms with Gasteiger partial charge in [0.05, 0.1) is 12.7 Å². The number of para-hydroxylation sites is 1. The Bertz CT molecular complexity index is 607. The molecule has 6 heteroatoms. The minimum atomic E-state index is -1.16. The Balaban J connectivity index is 2.65. The van der Waals surface area contributed by atoms with Gasteiger partial charge in [-0.1, -0.05) is 23.7 Å². The molecule has 0 aliphatic rings. The summed E-state index contributed by atoms with van der Waals surface area (Å²) in [6, 6.07) is 7.22. The van der Waals surface area contributed by atoms with Crippen LogP contribution < -0.4 is 4.74 Å². The largest absolute Gasteiger partial charge is 0.496 e. The summed E-state index contributed by atoms with van der Waals surface area (Å²) in [5, 5.41) is 9.07. The number of benzene rings is 1. The second-order valence-corrected chi connectivity index (χ2v) is 4.00. The number of methoxy groups -OCH3 is 1. The predicted molar refractivity (Wildman–Crippen MR) is 67.2 cm³/mol. The first kappa shape index (κ1) is 12.4. The summed E-state index contributed by atoms with van der Waals surface area (Å²) < 4.78 is 6.74. The molecule has 0 aliphatic heterocycles. The summed E-state index contributed by atoms with van der Waals surface area (Å²) in [5.74, 6) is -0.0918. The number of carboxylic acid groups (broad SMARTS) is 1. The molecule has 2 aromatic rings. The van der Waals surface area contributed by atoms with Gasteiger partial charge >= 0.3 is 5.97 Å². The number of aromatic nitrogens is 2. The van der Waals surface area contributed by atoms with E-state index in [0.717, 1.165) is 0 Å². The molecule has 1 aromatic carbocycles. The Labute approximate surface area is 109 Å². The molecule has 0 unspecified atom stereocenters. The lowest BCUT2D eigenvalue weighted by atomic mass is 10.2. The number of aromatic carboxylic acids is 1. The van der Waals surface area contributed by atoms with Gasteiger partial charge in [-0.3, -0.25) is 0 Å². The van der Waals surface area contributed by atoms with Crippen molar-refractivity contribution in [3.05, 3.63) is 35.1 Å². The Hall–Kier alpha value is -2.01. The molecule has 0 saturated carbocycles. The smallest absolute Gasteiger partial charge is 0.357 e. The fourth-order valence-electron chi connectivity index (χ4n) is 1.69. The Morgan fingerprint density at radius 3 is 2.67 bits per heavy atom. The molecule has 1 N–H and O–H groups in total. The van der Waals surface area contributed by atoms with Crippen molar-refractivity contribution in [2.75, 3.05) is 7.11 Å². The van der Waals surface area contributed by atoms with Gasteiger partial charge in [0, 0.05) is 7.05 Å². The molecule has 94 valence electrons. The fourth-order valence-corrected chi connectivity index (χ4v) is 1.89. The third-order valence-corrected chi connectivity index (χ3v) is 3.01. The van der Waals surface area contributed by atoms with E-state index in [1.54, 1.807) is 26.3 Å². The van der Waals surface area contributed by atoms with E-state index in [1.165, 1.54) is 4.57 Å². The minimum absolute atomic E-state index is 0.0865. The molecule has 0 aliphatic carbocycles. The average Bonchev–Trinajstić information content (AvgIpc) is 2.66. The Morgan fingerprint density at radius 2 is 2.11 bits per heavy atom. The van der Waals surface area contributed by atoms with Crippen molar-refractivity contribution in [1.82, 2.24) is 9.55 Å². The van der Waals surface area contributed by atoms with Gasteiger partial charge in [0.15, 0.2) is 5.69 Å². The van der Waals surface area contributed by atoms with Gasteiger partial charge in [0.2, 0.25) is 0 Å². The molecule has 0 radical (unpaired) electrons. The summed E-state index contributed by atoms with van der Waals surface area (Å²) >= 11 is 5.93. The Kier molecular flexibility index (Phi) is 3.25. The standard InChI is InChI=1S/C12H11ClN2O3/c1-15-10(13)9(12(16)17)14-11(15)7-5-3-4-6-8(7)18-2/h3-6H,1-2H3,(H,16,17). The molecule has 2 rings (SSSR count). The molecule has 1 aromatic heterocycles. The van der Waals surface area contributed by atoms with Gasteiger partial charge < -0.3 is 14.4 Å². The van der Waals surface area contributed by atoms with Gasteiger partial charge in [0.25, 0.3) is 0 Å². The van der Waals surface area contributed by atoms with Crippen molar-refractivity contribution < 1.29 is 14.6 Å². The van der Waals surface area contributed by atoms with Gasteiger partial charge in [0.1, 0.15) is 16.7 Å². The molecule has 18 heavy (non-hydrogen) atoms. The van der Waals surface area contributed by atoms with Crippen LogP contribution in [0.25, 0.3) is 11.4 Å². The second-order valence-electron chi connectivity index (χ2n) is 3.64. The first-order chi connectivity index (χ1) is 8.56. The van der Waals surface area contributed by atoms with E-state index in [4.69, 9.17) is 21.4 Å². The number of rotatable bonds is 3. The van der Waals surface area contributed by atoms with Crippen LogP contribution in [0.1, 0.15) is 10.5 Å². The van der Waals surface area contributed by atoms with Crippen molar-refractivity contribution in [1.29, 1.82) is 0 Å². The molecule has 0 spiro atoms. The van der Waals surface area contributed by atoms with Crippen LogP contribution in [0.4, 0.5) is 0 Å². The number of hydrogen-bond acceptors (Lipinski definition) is 3. The fraction of sp³-hybridized carbons (Fsp3) is 0.167. The van der Waals surface area contributed by atoms with E-state index in [2.05, 4.69) is 4.98 Å². The van der Waals surface area contributed by atoms with Gasteiger partial charge in [-0.05, 0) is 12.1 Å². The normalized spacial score (nSPS) is 10.4. The van der Waals surface area contributed by atoms with Crippen molar-refractivity contribution in [3.8, 4) is 17.1 Å². The molecule has 0 amide bonds. The van der Waals surface area contributed by atoms with Crippen LogP contribution >= 0.6 is 11.6 Å². The zero-order valence-electron chi connectivity index (χ0n) is 9.85. The van der Waals surface area contributed by atoms with Crippen molar-refractivity contribution >= 4 is 17.6 Å². The molecule has 0 bridgehead atoms. The summed E-state index contributed by atoms with van der Waals surface area (Å²) in [7, 11) is 3.20. The maximum atomic E-state index is 11.0. The third-order valence-electron chi connectivity index (χ3n) is 2.58. The molecule has 5 nitrogen and oxygen atoms in total. The minimum Gasteiger partial charge on any atom is -0.496 e. The van der Waals surface area contributed by atoms with Crippen LogP contribution in [0.15, 0.2) is 24.3 Å². The first-order valence-corrected chi connectivity index (χ1v) is 5.53. The highest BCUT2D eigenvalue weighted by Crippen LogP contribution is 2.31. The van der Waals surface area contributed by atoms with Crippen molar-refractivity contribution in [2.45, 2.75) is 0 Å². The second kappa shape index (κ2) is 4.70. The summed E-state index contributed by atoms with van der Waals surface area (Å²) in [6.45, 7) is 0. The van der Waals surface area contributed by atoms with E-state index in [1.807, 2.05) is 12.1 Å². The monoisotopic (exact) mass is 266 g/mol. The van der Waals surface area contributed by atoms with E-state index in [0.29, 0.717) is 17.1 Å². The number of hydrogen-bond donors (Lipinski definition) is 1. The van der Waals surface area contributed by atoms with Crippen molar-refractivity contribution in [3.63, 3.8) is 0 Å². The lowest BCUT2D eigenvalue weighted by Crippen LogP contribution is -1.97. The van der Waals surface area contributed by atoms with E-state index >= 15 is 0 Å². The van der Waals surface area contributed by atoms with Crippen LogP contribution in [0, 0.1) is 0 Å². The van der Waals surface area contributed by atoms with E-state index in [9.17, 15) is 4.79 Å². The number of carbonyl (C=O) groups is 1. The van der Waals surface area contributed by atoms with Gasteiger partial charge in [-0.25, -0.2) is 9.78 Å². The summed E-state index contributed by atoms with van der Waals surface area (Å²) in [6.07, 6.45) is 0. The van der Waals surface area contributed by atoms with E-state index in [-0.39, 0.29) is 10.8 Å². The number of nitrogens with zero attached hydrogens (tertiary/aromatic N) is 2. The number of ether oxygens (including phenoxy) is 1. The molecule has 0 atom stereocenters. The highest BCUT2D eigenvalue weighted by molar-refractivity contribution is 6.32. The number of carboxylic acids is 1. The molecule has 0 saturated heterocycles. The number of halogens is 1. The van der Waals surface area contributed by atoms with Crippen LogP contribution in [0.5, 0.6) is 5.75 Å². The Morgan fingerprint density at radius 1 is 1.44 bits per heavy atom. The SMILES string of the molecule is COc1ccccc1-c1nc(C(=O)O)c(Cl)n1C. The van der Waals surface area contributed by atoms with Crippen LogP contribution in [-0.2, 0) is 7.05 Å². The maximum absolute atomic E-state index is 11.0. The van der Waals surface area contributed by atoms with Crippen LogP contribution in [0.3, 0.4) is 0 Å². The maximum Gasteiger partial charge on any atom is 0.357 e. The zero-order valence-corrected chi connectivity index (χ0v) is 10.6. The molecule has 1 heterocycles. The molecular weight excluding hydrogens is 256 g/mol. The van der Waals surface area contributed by atoms with Gasteiger partial charge in [-0.2, -0.15) is 0 Å². The lowest BCUT2D eigenvalue weighted by molar-refractivity contribution is 0.0691.